The van der Waals surface area contributed by atoms with E-state index in [2.05, 4.69) is 33.0 Å². The Balaban J connectivity index is 1.87. The van der Waals surface area contributed by atoms with Crippen molar-refractivity contribution in [2.45, 2.75) is 39.8 Å². The second-order valence-electron chi connectivity index (χ2n) is 7.17. The molecule has 0 aliphatic heterocycles. The first-order chi connectivity index (χ1) is 9.76. The van der Waals surface area contributed by atoms with E-state index in [-0.39, 0.29) is 28.8 Å². The molecule has 3 rings (SSSR count). The molecule has 0 saturated heterocycles. The molecule has 21 heavy (non-hydrogen) atoms. The molecule has 1 saturated carbocycles. The molecule has 4 heteroatoms. The minimum atomic E-state index is -0.112. The second kappa shape index (κ2) is 4.34. The summed E-state index contributed by atoms with van der Waals surface area (Å²) in [4.78, 5) is 12.6. The van der Waals surface area contributed by atoms with Crippen LogP contribution in [0.4, 0.5) is 0 Å². The monoisotopic (exact) mass is 286 g/mol. The Hall–Kier alpha value is -1.81. The maximum Gasteiger partial charge on any atom is 0.255 e. The zero-order chi connectivity index (χ0) is 15.4. The average Bonchev–Trinajstić information content (AvgIpc) is 2.87. The maximum atomic E-state index is 12.6. The molecule has 1 amide bonds. The lowest BCUT2D eigenvalue weighted by Crippen LogP contribution is -2.76. The fourth-order valence-electron chi connectivity index (χ4n) is 3.91. The Labute approximate surface area is 124 Å². The third-order valence-electron chi connectivity index (χ3n) is 5.09. The minimum Gasteiger partial charge on any atom is -0.463 e. The first-order valence-corrected chi connectivity index (χ1v) is 7.29. The van der Waals surface area contributed by atoms with Crippen molar-refractivity contribution in [3.8, 4) is 0 Å². The quantitative estimate of drug-likeness (QED) is 0.892. The number of fused-ring (bicyclic) bond motifs is 1. The summed E-state index contributed by atoms with van der Waals surface area (Å²) in [5, 5.41) is 3.98. The van der Waals surface area contributed by atoms with Crippen molar-refractivity contribution in [3.05, 3.63) is 36.1 Å². The van der Waals surface area contributed by atoms with Gasteiger partial charge in [-0.25, -0.2) is 0 Å². The van der Waals surface area contributed by atoms with Crippen LogP contribution >= 0.6 is 0 Å². The van der Waals surface area contributed by atoms with Crippen LogP contribution in [0.5, 0.6) is 0 Å². The third-order valence-corrected chi connectivity index (χ3v) is 5.09. The van der Waals surface area contributed by atoms with Crippen LogP contribution in [0, 0.1) is 10.8 Å². The number of nitrogens with two attached hydrogens (primary N) is 1. The van der Waals surface area contributed by atoms with Gasteiger partial charge in [0.15, 0.2) is 0 Å². The fraction of sp³-hybridized carbons (Fsp3) is 0.471. The van der Waals surface area contributed by atoms with Crippen LogP contribution in [0.3, 0.4) is 0 Å². The summed E-state index contributed by atoms with van der Waals surface area (Å²) in [5.74, 6) is -0.0991. The van der Waals surface area contributed by atoms with E-state index in [0.29, 0.717) is 5.56 Å². The number of amides is 1. The van der Waals surface area contributed by atoms with E-state index in [9.17, 15) is 4.79 Å². The van der Waals surface area contributed by atoms with Crippen LogP contribution in [-0.4, -0.2) is 18.0 Å². The van der Waals surface area contributed by atoms with Gasteiger partial charge in [-0.05, 0) is 6.07 Å². The summed E-state index contributed by atoms with van der Waals surface area (Å²) in [7, 11) is 0. The first-order valence-electron chi connectivity index (χ1n) is 7.29. The summed E-state index contributed by atoms with van der Waals surface area (Å²) in [5.41, 5.74) is 7.32. The van der Waals surface area contributed by atoms with E-state index in [1.807, 2.05) is 24.3 Å². The minimum absolute atomic E-state index is 0.0427. The number of hydrogen-bond donors (Lipinski definition) is 2. The lowest BCUT2D eigenvalue weighted by molar-refractivity contribution is -0.0663. The Kier molecular flexibility index (Phi) is 2.92. The van der Waals surface area contributed by atoms with Crippen LogP contribution < -0.4 is 11.1 Å². The second-order valence-corrected chi connectivity index (χ2v) is 7.17. The maximum absolute atomic E-state index is 12.6. The number of carbonyl (C=O) groups is 1. The normalized spacial score (nSPS) is 26.3. The van der Waals surface area contributed by atoms with Crippen molar-refractivity contribution in [1.29, 1.82) is 0 Å². The van der Waals surface area contributed by atoms with Gasteiger partial charge in [-0.1, -0.05) is 45.9 Å². The Morgan fingerprint density at radius 1 is 1.19 bits per heavy atom. The van der Waals surface area contributed by atoms with Crippen molar-refractivity contribution in [2.24, 2.45) is 16.6 Å². The summed E-state index contributed by atoms with van der Waals surface area (Å²) in [6, 6.07) is 7.67. The third kappa shape index (κ3) is 1.89. The Bertz CT molecular complexity index is 684. The summed E-state index contributed by atoms with van der Waals surface area (Å²) in [6.45, 7) is 8.39. The SMILES string of the molecule is CC1(C)C(N)C(C)(C)C1NC(=O)c1coc2ccccc12. The molecular formula is C17H22N2O2. The number of carbonyl (C=O) groups excluding carboxylic acids is 1. The zero-order valence-electron chi connectivity index (χ0n) is 12.9. The molecule has 1 aliphatic rings. The number of benzene rings is 1. The molecule has 4 nitrogen and oxygen atoms in total. The molecule has 0 spiro atoms. The largest absolute Gasteiger partial charge is 0.463 e. The smallest absolute Gasteiger partial charge is 0.255 e. The highest BCUT2D eigenvalue weighted by molar-refractivity contribution is 6.06. The van der Waals surface area contributed by atoms with Gasteiger partial charge in [-0.2, -0.15) is 0 Å². The molecule has 0 unspecified atom stereocenters. The predicted molar refractivity (Wildman–Crippen MR) is 83.0 cm³/mol. The summed E-state index contributed by atoms with van der Waals surface area (Å²) < 4.78 is 5.44. The highest BCUT2D eigenvalue weighted by Crippen LogP contribution is 2.52. The highest BCUT2D eigenvalue weighted by Gasteiger charge is 2.60. The van der Waals surface area contributed by atoms with Crippen molar-refractivity contribution in [3.63, 3.8) is 0 Å². The molecule has 0 radical (unpaired) electrons. The number of rotatable bonds is 2. The van der Waals surface area contributed by atoms with Crippen molar-refractivity contribution in [1.82, 2.24) is 5.32 Å². The predicted octanol–water partition coefficient (Wildman–Crippen LogP) is 2.92. The Morgan fingerprint density at radius 3 is 2.48 bits per heavy atom. The average molecular weight is 286 g/mol. The van der Waals surface area contributed by atoms with Crippen LogP contribution in [-0.2, 0) is 0 Å². The van der Waals surface area contributed by atoms with Crippen LogP contribution in [0.2, 0.25) is 0 Å². The van der Waals surface area contributed by atoms with E-state index in [0.717, 1.165) is 11.0 Å². The van der Waals surface area contributed by atoms with E-state index < -0.39 is 0 Å². The van der Waals surface area contributed by atoms with Gasteiger partial charge in [-0.15, -0.1) is 0 Å². The number of hydrogen-bond acceptors (Lipinski definition) is 3. The van der Waals surface area contributed by atoms with Crippen LogP contribution in [0.1, 0.15) is 38.1 Å². The lowest BCUT2D eigenvalue weighted by atomic mass is 9.48. The van der Waals surface area contributed by atoms with E-state index >= 15 is 0 Å². The van der Waals surface area contributed by atoms with Gasteiger partial charge in [0.2, 0.25) is 0 Å². The van der Waals surface area contributed by atoms with E-state index in [1.54, 1.807) is 0 Å². The van der Waals surface area contributed by atoms with Gasteiger partial charge in [0, 0.05) is 28.3 Å². The van der Waals surface area contributed by atoms with Gasteiger partial charge in [0.05, 0.1) is 5.56 Å². The van der Waals surface area contributed by atoms with Crippen molar-refractivity contribution >= 4 is 16.9 Å². The number of furan rings is 1. The Morgan fingerprint density at radius 2 is 1.81 bits per heavy atom. The highest BCUT2D eigenvalue weighted by atomic mass is 16.3. The number of nitrogens with one attached hydrogen (secondary N) is 1. The van der Waals surface area contributed by atoms with Gasteiger partial charge < -0.3 is 15.5 Å². The summed E-state index contributed by atoms with van der Waals surface area (Å²) in [6.07, 6.45) is 1.53. The standard InChI is InChI=1S/C17H22N2O2/c1-16(2)14(18)17(3,4)15(16)19-13(20)11-9-21-12-8-6-5-7-10(11)12/h5-9,14-15H,18H2,1-4H3,(H,19,20). The molecule has 2 aromatic rings. The zero-order valence-corrected chi connectivity index (χ0v) is 12.9. The van der Waals surface area contributed by atoms with Crippen LogP contribution in [0.15, 0.2) is 34.9 Å². The number of para-hydroxylation sites is 1. The molecule has 1 aromatic heterocycles. The van der Waals surface area contributed by atoms with Gasteiger partial charge >= 0.3 is 0 Å². The molecule has 1 heterocycles. The lowest BCUT2D eigenvalue weighted by Gasteiger charge is -2.62. The first kappa shape index (κ1) is 14.1. The molecule has 1 aromatic carbocycles. The molecule has 0 bridgehead atoms. The molecule has 0 atom stereocenters. The van der Waals surface area contributed by atoms with Gasteiger partial charge in [0.25, 0.3) is 5.91 Å². The van der Waals surface area contributed by atoms with E-state index in [4.69, 9.17) is 10.2 Å². The van der Waals surface area contributed by atoms with Crippen LogP contribution in [0.25, 0.3) is 11.0 Å². The molecular weight excluding hydrogens is 264 g/mol. The van der Waals surface area contributed by atoms with Gasteiger partial charge in [-0.3, -0.25) is 4.79 Å². The van der Waals surface area contributed by atoms with Gasteiger partial charge in [0.1, 0.15) is 11.8 Å². The van der Waals surface area contributed by atoms with Crippen molar-refractivity contribution < 1.29 is 9.21 Å². The topological polar surface area (TPSA) is 68.3 Å². The summed E-state index contributed by atoms with van der Waals surface area (Å²) >= 11 is 0. The fourth-order valence-corrected chi connectivity index (χ4v) is 3.91. The van der Waals surface area contributed by atoms with Crippen molar-refractivity contribution in [2.75, 3.05) is 0 Å². The molecule has 112 valence electrons. The molecule has 3 N–H and O–H groups in total. The van der Waals surface area contributed by atoms with E-state index in [1.165, 1.54) is 6.26 Å². The molecule has 1 aliphatic carbocycles. The molecule has 1 fully saturated rings.